The maximum absolute atomic E-state index is 14.4. The molecule has 3 heterocycles. The van der Waals surface area contributed by atoms with Crippen molar-refractivity contribution < 1.29 is 31.7 Å². The van der Waals surface area contributed by atoms with Crippen LogP contribution >= 0.6 is 0 Å². The van der Waals surface area contributed by atoms with Gasteiger partial charge in [0.2, 0.25) is 0 Å². The zero-order chi connectivity index (χ0) is 20.2. The van der Waals surface area contributed by atoms with Crippen LogP contribution in [0.3, 0.4) is 0 Å². The van der Waals surface area contributed by atoms with Gasteiger partial charge in [-0.15, -0.1) is 5.10 Å². The van der Waals surface area contributed by atoms with Gasteiger partial charge in [-0.25, -0.2) is 9.07 Å². The molecule has 0 radical (unpaired) electrons. The van der Waals surface area contributed by atoms with E-state index in [9.17, 15) is 22.4 Å². The van der Waals surface area contributed by atoms with Crippen LogP contribution in [0.15, 0.2) is 11.9 Å². The standard InChI is InChI=1S/C15H19BF4N4O3/c1-13(2)14(3,4)27-16(26-13)11(17)5-9-6-24(22-21-9)10-7-23(8-10)12(25)15(18,19)20/h5-6,10H,7-8H2,1-4H3. The second-order valence-electron chi connectivity index (χ2n) is 7.60. The molecule has 7 nitrogen and oxygen atoms in total. The Morgan fingerprint density at radius 3 is 2.33 bits per heavy atom. The van der Waals surface area contributed by atoms with Crippen molar-refractivity contribution >= 4 is 19.1 Å². The quantitative estimate of drug-likeness (QED) is 0.585. The van der Waals surface area contributed by atoms with Gasteiger partial charge in [0.05, 0.1) is 23.4 Å². The predicted octanol–water partition coefficient (Wildman–Crippen LogP) is 2.17. The molecule has 0 N–H and O–H groups in total. The van der Waals surface area contributed by atoms with Crippen LogP contribution in [0.5, 0.6) is 0 Å². The number of hydrogen-bond acceptors (Lipinski definition) is 5. The van der Waals surface area contributed by atoms with E-state index in [0.717, 1.165) is 6.08 Å². The first-order valence-electron chi connectivity index (χ1n) is 8.31. The van der Waals surface area contributed by atoms with E-state index in [1.807, 2.05) is 0 Å². The van der Waals surface area contributed by atoms with Gasteiger partial charge in [0.15, 0.2) is 0 Å². The summed E-state index contributed by atoms with van der Waals surface area (Å²) < 4.78 is 64.0. The summed E-state index contributed by atoms with van der Waals surface area (Å²) in [7, 11) is -1.18. The number of carbonyl (C=O) groups is 1. The van der Waals surface area contributed by atoms with Gasteiger partial charge in [-0.2, -0.15) is 13.2 Å². The molecule has 2 saturated heterocycles. The van der Waals surface area contributed by atoms with Crippen LogP contribution in [0, 0.1) is 0 Å². The molecule has 0 saturated carbocycles. The van der Waals surface area contributed by atoms with Crippen molar-refractivity contribution in [1.29, 1.82) is 0 Å². The molecule has 12 heteroatoms. The Hall–Kier alpha value is -1.95. The molecule has 0 bridgehead atoms. The Morgan fingerprint density at radius 1 is 1.26 bits per heavy atom. The molecule has 2 aliphatic heterocycles. The number of carbonyl (C=O) groups excluding carboxylic acids is 1. The molecule has 1 aromatic heterocycles. The van der Waals surface area contributed by atoms with Crippen molar-refractivity contribution in [3.8, 4) is 0 Å². The number of halogens is 4. The molecule has 0 aromatic carbocycles. The van der Waals surface area contributed by atoms with Crippen LogP contribution < -0.4 is 0 Å². The van der Waals surface area contributed by atoms with Gasteiger partial charge in [-0.05, 0) is 33.8 Å². The largest absolute Gasteiger partial charge is 0.525 e. The summed E-state index contributed by atoms with van der Waals surface area (Å²) in [6, 6.07) is -0.439. The lowest BCUT2D eigenvalue weighted by molar-refractivity contribution is -0.191. The molecule has 27 heavy (non-hydrogen) atoms. The Balaban J connectivity index is 1.62. The molecule has 1 aromatic rings. The fourth-order valence-corrected chi connectivity index (χ4v) is 2.67. The van der Waals surface area contributed by atoms with Gasteiger partial charge in [-0.1, -0.05) is 5.21 Å². The normalized spacial score (nSPS) is 22.9. The number of alkyl halides is 3. The van der Waals surface area contributed by atoms with Crippen molar-refractivity contribution in [3.05, 3.63) is 17.6 Å². The molecule has 3 rings (SSSR count). The van der Waals surface area contributed by atoms with Crippen LogP contribution in [0.1, 0.15) is 39.4 Å². The third-order valence-corrected chi connectivity index (χ3v) is 5.06. The molecule has 0 atom stereocenters. The zero-order valence-corrected chi connectivity index (χ0v) is 15.2. The number of amides is 1. The highest BCUT2D eigenvalue weighted by Gasteiger charge is 2.53. The minimum atomic E-state index is -4.90. The second kappa shape index (κ2) is 6.30. The molecule has 148 valence electrons. The molecular formula is C15H19BF4N4O3. The van der Waals surface area contributed by atoms with E-state index in [1.165, 1.54) is 10.9 Å². The summed E-state index contributed by atoms with van der Waals surface area (Å²) in [5, 5.41) is 7.57. The van der Waals surface area contributed by atoms with Crippen LogP contribution in [0.4, 0.5) is 17.6 Å². The Morgan fingerprint density at radius 2 is 1.81 bits per heavy atom. The SMILES string of the molecule is CC1(C)OB(C(F)=Cc2cn(C3CN(C(=O)C(F)(F)F)C3)nn2)OC1(C)C. The minimum Gasteiger partial charge on any atom is -0.398 e. The third-order valence-electron chi connectivity index (χ3n) is 5.06. The van der Waals surface area contributed by atoms with Crippen molar-refractivity contribution in [2.75, 3.05) is 13.1 Å². The number of aromatic nitrogens is 3. The lowest BCUT2D eigenvalue weighted by Gasteiger charge is -2.38. The molecule has 2 aliphatic rings. The lowest BCUT2D eigenvalue weighted by atomic mass is 9.87. The number of nitrogens with zero attached hydrogens (tertiary/aromatic N) is 4. The van der Waals surface area contributed by atoms with Crippen LogP contribution in [-0.4, -0.2) is 63.4 Å². The smallest absolute Gasteiger partial charge is 0.398 e. The van der Waals surface area contributed by atoms with Crippen LogP contribution in [-0.2, 0) is 14.1 Å². The maximum Gasteiger partial charge on any atom is 0.525 e. The molecule has 0 spiro atoms. The van der Waals surface area contributed by atoms with E-state index in [4.69, 9.17) is 9.31 Å². The van der Waals surface area contributed by atoms with E-state index in [0.29, 0.717) is 4.90 Å². The van der Waals surface area contributed by atoms with Gasteiger partial charge < -0.3 is 14.2 Å². The first-order chi connectivity index (χ1) is 12.3. The van der Waals surface area contributed by atoms with Crippen molar-refractivity contribution in [2.45, 2.75) is 51.1 Å². The number of likely N-dealkylation sites (tertiary alicyclic amines) is 1. The van der Waals surface area contributed by atoms with E-state index in [-0.39, 0.29) is 18.8 Å². The molecule has 0 aliphatic carbocycles. The number of hydrogen-bond donors (Lipinski definition) is 0. The van der Waals surface area contributed by atoms with E-state index in [2.05, 4.69) is 10.3 Å². The summed E-state index contributed by atoms with van der Waals surface area (Å²) in [4.78, 5) is 11.8. The number of rotatable bonds is 3. The molecule has 1 amide bonds. The predicted molar refractivity (Wildman–Crippen MR) is 86.9 cm³/mol. The zero-order valence-electron chi connectivity index (χ0n) is 15.2. The van der Waals surface area contributed by atoms with Gasteiger partial charge in [0.25, 0.3) is 0 Å². The van der Waals surface area contributed by atoms with Gasteiger partial charge in [0.1, 0.15) is 11.4 Å². The average Bonchev–Trinajstić information content (AvgIpc) is 2.99. The Kier molecular flexibility index (Phi) is 4.62. The fourth-order valence-electron chi connectivity index (χ4n) is 2.67. The van der Waals surface area contributed by atoms with Crippen LogP contribution in [0.2, 0.25) is 0 Å². The first-order valence-corrected chi connectivity index (χ1v) is 8.31. The van der Waals surface area contributed by atoms with E-state index in [1.54, 1.807) is 27.7 Å². The Bertz CT molecular complexity index is 755. The van der Waals surface area contributed by atoms with Gasteiger partial charge >= 0.3 is 19.2 Å². The summed E-state index contributed by atoms with van der Waals surface area (Å²) in [6.07, 6.45) is -2.40. The summed E-state index contributed by atoms with van der Waals surface area (Å²) >= 11 is 0. The van der Waals surface area contributed by atoms with Crippen molar-refractivity contribution in [2.24, 2.45) is 0 Å². The summed E-state index contributed by atoms with van der Waals surface area (Å²) in [6.45, 7) is 6.90. The third kappa shape index (κ3) is 3.72. The van der Waals surface area contributed by atoms with Crippen molar-refractivity contribution in [3.63, 3.8) is 0 Å². The van der Waals surface area contributed by atoms with Gasteiger partial charge in [-0.3, -0.25) is 4.79 Å². The highest BCUT2D eigenvalue weighted by molar-refractivity contribution is 6.54. The first kappa shape index (κ1) is 19.8. The fraction of sp³-hybridized carbons (Fsp3) is 0.667. The monoisotopic (exact) mass is 390 g/mol. The Labute approximate surface area is 153 Å². The minimum absolute atomic E-state index is 0.134. The topological polar surface area (TPSA) is 69.5 Å². The van der Waals surface area contributed by atoms with Gasteiger partial charge in [0, 0.05) is 13.1 Å². The molecular weight excluding hydrogens is 371 g/mol. The highest BCUT2D eigenvalue weighted by atomic mass is 19.4. The highest BCUT2D eigenvalue weighted by Crippen LogP contribution is 2.39. The van der Waals surface area contributed by atoms with E-state index < -0.39 is 42.2 Å². The lowest BCUT2D eigenvalue weighted by Crippen LogP contribution is -2.55. The molecule has 2 fully saturated rings. The average molecular weight is 390 g/mol. The summed E-state index contributed by atoms with van der Waals surface area (Å²) in [5.41, 5.74) is -1.91. The summed E-state index contributed by atoms with van der Waals surface area (Å²) in [5.74, 6) is -1.88. The van der Waals surface area contributed by atoms with E-state index >= 15 is 0 Å². The second-order valence-corrected chi connectivity index (χ2v) is 7.60. The maximum atomic E-state index is 14.4. The van der Waals surface area contributed by atoms with Crippen LogP contribution in [0.25, 0.3) is 6.08 Å². The molecule has 0 unspecified atom stereocenters. The van der Waals surface area contributed by atoms with Crippen molar-refractivity contribution in [1.82, 2.24) is 19.9 Å².